The molecule has 3 N–H and O–H groups in total. The van der Waals surface area contributed by atoms with Crippen LogP contribution < -0.4 is 15.8 Å². The number of carbonyl (C=O) groups excluding carboxylic acids is 2. The van der Waals surface area contributed by atoms with E-state index in [4.69, 9.17) is 5.73 Å². The summed E-state index contributed by atoms with van der Waals surface area (Å²) in [5.41, 5.74) is 5.54. The van der Waals surface area contributed by atoms with Gasteiger partial charge in [-0.15, -0.1) is 13.2 Å². The van der Waals surface area contributed by atoms with Crippen LogP contribution in [-0.2, 0) is 9.59 Å². The molecule has 1 heterocycles. The Kier molecular flexibility index (Phi) is 4.97. The largest absolute Gasteiger partial charge is 0.573 e. The highest BCUT2D eigenvalue weighted by atomic mass is 19.4. The van der Waals surface area contributed by atoms with E-state index in [1.807, 2.05) is 0 Å². The fourth-order valence-corrected chi connectivity index (χ4v) is 2.44. The predicted molar refractivity (Wildman–Crippen MR) is 75.5 cm³/mol. The lowest BCUT2D eigenvalue weighted by Crippen LogP contribution is -2.45. The van der Waals surface area contributed by atoms with Crippen molar-refractivity contribution in [2.45, 2.75) is 25.2 Å². The lowest BCUT2D eigenvalue weighted by molar-refractivity contribution is -0.274. The van der Waals surface area contributed by atoms with Crippen LogP contribution in [0.1, 0.15) is 12.8 Å². The van der Waals surface area contributed by atoms with E-state index in [1.54, 1.807) is 0 Å². The fourth-order valence-electron chi connectivity index (χ4n) is 2.44. The molecule has 0 radical (unpaired) electrons. The molecule has 0 aliphatic carbocycles. The van der Waals surface area contributed by atoms with Gasteiger partial charge in [0, 0.05) is 18.3 Å². The highest BCUT2D eigenvalue weighted by Gasteiger charge is 2.32. The van der Waals surface area contributed by atoms with E-state index in [0.29, 0.717) is 25.1 Å². The number of likely N-dealkylation sites (tertiary alicyclic amines) is 1. The fraction of sp³-hybridized carbons (Fsp3) is 0.429. The number of nitrogens with two attached hydrogens (primary N) is 1. The van der Waals surface area contributed by atoms with Crippen LogP contribution in [0.2, 0.25) is 0 Å². The number of hydrogen-bond donors (Lipinski definition) is 2. The Morgan fingerprint density at radius 1 is 1.39 bits per heavy atom. The number of nitrogens with zero attached hydrogens (tertiary/aromatic N) is 1. The van der Waals surface area contributed by atoms with Crippen molar-refractivity contribution >= 4 is 17.5 Å². The lowest BCUT2D eigenvalue weighted by atomic mass is 10.2. The zero-order chi connectivity index (χ0) is 17.0. The molecule has 9 heteroatoms. The zero-order valence-corrected chi connectivity index (χ0v) is 12.1. The number of halogens is 3. The molecule has 1 aliphatic heterocycles. The number of benzene rings is 1. The molecule has 6 nitrogen and oxygen atoms in total. The van der Waals surface area contributed by atoms with Crippen molar-refractivity contribution < 1.29 is 27.5 Å². The highest BCUT2D eigenvalue weighted by Crippen LogP contribution is 2.25. The number of ether oxygens (including phenoxy) is 1. The predicted octanol–water partition coefficient (Wildman–Crippen LogP) is 1.47. The molecule has 1 aromatic carbocycles. The number of alkyl halides is 3. The van der Waals surface area contributed by atoms with Crippen molar-refractivity contribution in [3.63, 3.8) is 0 Å². The SMILES string of the molecule is NC(=O)C1CCCN1C(=O)CNc1cccc(OC(F)(F)F)c1. The third kappa shape index (κ3) is 4.76. The van der Waals surface area contributed by atoms with Gasteiger partial charge in [0.15, 0.2) is 0 Å². The van der Waals surface area contributed by atoms with Crippen LogP contribution in [0.5, 0.6) is 5.75 Å². The molecule has 0 bridgehead atoms. The normalized spacial score (nSPS) is 17.9. The van der Waals surface area contributed by atoms with Crippen LogP contribution in [0.15, 0.2) is 24.3 Å². The maximum absolute atomic E-state index is 12.2. The Labute approximate surface area is 130 Å². The van der Waals surface area contributed by atoms with E-state index in [9.17, 15) is 22.8 Å². The Hall–Kier alpha value is -2.45. The van der Waals surface area contributed by atoms with E-state index < -0.39 is 18.3 Å². The molecule has 1 fully saturated rings. The Morgan fingerprint density at radius 2 is 2.13 bits per heavy atom. The van der Waals surface area contributed by atoms with Crippen LogP contribution in [0, 0.1) is 0 Å². The van der Waals surface area contributed by atoms with Gasteiger partial charge in [-0.05, 0) is 25.0 Å². The van der Waals surface area contributed by atoms with Gasteiger partial charge in [0.1, 0.15) is 11.8 Å². The topological polar surface area (TPSA) is 84.7 Å². The Bertz CT molecular complexity index is 592. The quantitative estimate of drug-likeness (QED) is 0.856. The van der Waals surface area contributed by atoms with Crippen LogP contribution >= 0.6 is 0 Å². The third-order valence-corrected chi connectivity index (χ3v) is 3.41. The Morgan fingerprint density at radius 3 is 2.78 bits per heavy atom. The monoisotopic (exact) mass is 331 g/mol. The van der Waals surface area contributed by atoms with E-state index in [0.717, 1.165) is 12.1 Å². The minimum atomic E-state index is -4.78. The first kappa shape index (κ1) is 16.9. The molecule has 1 atom stereocenters. The standard InChI is InChI=1S/C14H16F3N3O3/c15-14(16,17)23-10-4-1-3-9(7-10)19-8-12(21)20-6-2-5-11(20)13(18)22/h1,3-4,7,11,19H,2,5-6,8H2,(H2,18,22). The van der Waals surface area contributed by atoms with Crippen molar-refractivity contribution in [3.8, 4) is 5.75 Å². The summed E-state index contributed by atoms with van der Waals surface area (Å²) in [5, 5.41) is 2.72. The van der Waals surface area contributed by atoms with Crippen LogP contribution in [-0.4, -0.2) is 42.2 Å². The summed E-state index contributed by atoms with van der Waals surface area (Å²) in [4.78, 5) is 24.7. The van der Waals surface area contributed by atoms with Crippen LogP contribution in [0.25, 0.3) is 0 Å². The second kappa shape index (κ2) is 6.76. The molecule has 0 aromatic heterocycles. The van der Waals surface area contributed by atoms with Gasteiger partial charge in [0.05, 0.1) is 6.54 Å². The average Bonchev–Trinajstić information content (AvgIpc) is 2.93. The summed E-state index contributed by atoms with van der Waals surface area (Å²) >= 11 is 0. The Balaban J connectivity index is 1.94. The van der Waals surface area contributed by atoms with Gasteiger partial charge < -0.3 is 20.7 Å². The van der Waals surface area contributed by atoms with Gasteiger partial charge in [-0.25, -0.2) is 0 Å². The third-order valence-electron chi connectivity index (χ3n) is 3.41. The minimum absolute atomic E-state index is 0.154. The van der Waals surface area contributed by atoms with Crippen molar-refractivity contribution in [1.29, 1.82) is 0 Å². The van der Waals surface area contributed by atoms with Gasteiger partial charge in [-0.2, -0.15) is 0 Å². The van der Waals surface area contributed by atoms with Crippen LogP contribution in [0.4, 0.5) is 18.9 Å². The molecule has 1 aromatic rings. The summed E-state index contributed by atoms with van der Waals surface area (Å²) < 4.78 is 40.3. The van der Waals surface area contributed by atoms with Gasteiger partial charge in [0.25, 0.3) is 0 Å². The number of anilines is 1. The van der Waals surface area contributed by atoms with Gasteiger partial charge in [-0.1, -0.05) is 6.07 Å². The number of nitrogens with one attached hydrogen (secondary N) is 1. The molecule has 126 valence electrons. The smallest absolute Gasteiger partial charge is 0.406 e. The molecule has 1 aliphatic rings. The molecule has 1 unspecified atom stereocenters. The first-order chi connectivity index (χ1) is 10.8. The molecular formula is C14H16F3N3O3. The van der Waals surface area contributed by atoms with E-state index >= 15 is 0 Å². The molecule has 1 saturated heterocycles. The van der Waals surface area contributed by atoms with Gasteiger partial charge in [-0.3, -0.25) is 9.59 Å². The molecule has 2 rings (SSSR count). The molecule has 2 amide bonds. The van der Waals surface area contributed by atoms with E-state index in [2.05, 4.69) is 10.1 Å². The molecule has 0 saturated carbocycles. The zero-order valence-electron chi connectivity index (χ0n) is 12.1. The van der Waals surface area contributed by atoms with E-state index in [1.165, 1.54) is 17.0 Å². The highest BCUT2D eigenvalue weighted by molar-refractivity contribution is 5.89. The van der Waals surface area contributed by atoms with Gasteiger partial charge >= 0.3 is 6.36 Å². The molecular weight excluding hydrogens is 315 g/mol. The molecule has 23 heavy (non-hydrogen) atoms. The number of amides is 2. The summed E-state index contributed by atoms with van der Waals surface area (Å²) in [5.74, 6) is -1.28. The van der Waals surface area contributed by atoms with Gasteiger partial charge in [0.2, 0.25) is 11.8 Å². The number of carbonyl (C=O) groups is 2. The summed E-state index contributed by atoms with van der Waals surface area (Å²) in [6.07, 6.45) is -3.57. The lowest BCUT2D eigenvalue weighted by Gasteiger charge is -2.22. The number of rotatable bonds is 5. The van der Waals surface area contributed by atoms with Crippen molar-refractivity contribution in [2.75, 3.05) is 18.4 Å². The summed E-state index contributed by atoms with van der Waals surface area (Å²) in [6, 6.07) is 4.55. The number of primary amides is 1. The second-order valence-electron chi connectivity index (χ2n) is 5.08. The minimum Gasteiger partial charge on any atom is -0.406 e. The van der Waals surface area contributed by atoms with E-state index in [-0.39, 0.29) is 18.2 Å². The maximum atomic E-state index is 12.2. The van der Waals surface area contributed by atoms with Crippen molar-refractivity contribution in [3.05, 3.63) is 24.3 Å². The van der Waals surface area contributed by atoms with Crippen molar-refractivity contribution in [1.82, 2.24) is 4.90 Å². The first-order valence-corrected chi connectivity index (χ1v) is 6.95. The summed E-state index contributed by atoms with van der Waals surface area (Å²) in [7, 11) is 0. The van der Waals surface area contributed by atoms with Crippen molar-refractivity contribution in [2.24, 2.45) is 5.73 Å². The number of hydrogen-bond acceptors (Lipinski definition) is 4. The second-order valence-corrected chi connectivity index (χ2v) is 5.08. The summed E-state index contributed by atoms with van der Waals surface area (Å²) in [6.45, 7) is 0.282. The van der Waals surface area contributed by atoms with Crippen LogP contribution in [0.3, 0.4) is 0 Å². The molecule has 0 spiro atoms. The first-order valence-electron chi connectivity index (χ1n) is 6.95. The maximum Gasteiger partial charge on any atom is 0.573 e. The average molecular weight is 331 g/mol.